The molecule has 8 heteroatoms. The number of hydrogen-bond donors (Lipinski definition) is 2. The van der Waals surface area contributed by atoms with Crippen LogP contribution in [0.4, 0.5) is 11.5 Å². The topological polar surface area (TPSA) is 112 Å². The molecule has 2 N–H and O–H groups in total. The van der Waals surface area contributed by atoms with Crippen LogP contribution in [-0.4, -0.2) is 26.0 Å². The number of carboxylic acids is 1. The molecule has 4 rings (SSSR count). The first kappa shape index (κ1) is 24.2. The van der Waals surface area contributed by atoms with Crippen molar-refractivity contribution in [2.45, 2.75) is 36.6 Å². The van der Waals surface area contributed by atoms with Crippen LogP contribution >= 0.6 is 11.8 Å². The minimum atomic E-state index is -0.852. The Morgan fingerprint density at radius 2 is 1.91 bits per heavy atom. The number of hydrogen-bond acceptors (Lipinski definition) is 7. The molecule has 7 nitrogen and oxygen atoms in total. The van der Waals surface area contributed by atoms with Gasteiger partial charge in [0, 0.05) is 34.7 Å². The van der Waals surface area contributed by atoms with Gasteiger partial charge in [0.15, 0.2) is 0 Å². The molecule has 0 spiro atoms. The second kappa shape index (κ2) is 11.0. The summed E-state index contributed by atoms with van der Waals surface area (Å²) in [5.74, 6) is -0.203. The van der Waals surface area contributed by atoms with Crippen LogP contribution in [-0.2, 0) is 11.2 Å². The van der Waals surface area contributed by atoms with Gasteiger partial charge in [-0.2, -0.15) is 5.26 Å². The maximum Gasteiger partial charge on any atom is 0.306 e. The molecular weight excluding hydrogens is 458 g/mol. The summed E-state index contributed by atoms with van der Waals surface area (Å²) >= 11 is 1.46. The lowest BCUT2D eigenvalue weighted by Crippen LogP contribution is -2.20. The summed E-state index contributed by atoms with van der Waals surface area (Å²) in [4.78, 5) is 26.7. The quantitative estimate of drug-likeness (QED) is 0.275. The molecule has 1 atom stereocenters. The molecule has 0 saturated heterocycles. The predicted octanol–water partition coefficient (Wildman–Crippen LogP) is 6.08. The highest BCUT2D eigenvalue weighted by molar-refractivity contribution is 7.99. The largest absolute Gasteiger partial charge is 0.481 e. The molecule has 4 aromatic rings. The van der Waals surface area contributed by atoms with Crippen LogP contribution in [0.2, 0.25) is 0 Å². The van der Waals surface area contributed by atoms with Crippen LogP contribution in [0.3, 0.4) is 0 Å². The van der Waals surface area contributed by atoms with E-state index in [2.05, 4.69) is 21.4 Å². The first-order valence-electron chi connectivity index (χ1n) is 11.3. The first-order chi connectivity index (χ1) is 16.9. The van der Waals surface area contributed by atoms with Crippen LogP contribution in [0.15, 0.2) is 76.8 Å². The fourth-order valence-corrected chi connectivity index (χ4v) is 4.79. The van der Waals surface area contributed by atoms with E-state index < -0.39 is 11.9 Å². The van der Waals surface area contributed by atoms with Crippen molar-refractivity contribution in [3.05, 3.63) is 78.2 Å². The fourth-order valence-electron chi connectivity index (χ4n) is 3.83. The van der Waals surface area contributed by atoms with Gasteiger partial charge in [0.25, 0.3) is 0 Å². The number of carbonyl (C=O) groups is 1. The number of fused-ring (bicyclic) bond motifs is 1. The molecule has 0 fully saturated rings. The summed E-state index contributed by atoms with van der Waals surface area (Å²) in [5, 5.41) is 23.9. The Kier molecular flexibility index (Phi) is 7.58. The number of rotatable bonds is 9. The molecule has 0 aliphatic heterocycles. The van der Waals surface area contributed by atoms with Crippen molar-refractivity contribution in [1.82, 2.24) is 15.0 Å². The van der Waals surface area contributed by atoms with Crippen molar-refractivity contribution in [2.24, 2.45) is 11.8 Å². The number of aliphatic carboxylic acids is 1. The van der Waals surface area contributed by atoms with Gasteiger partial charge >= 0.3 is 5.97 Å². The number of carboxylic acid groups (broad SMARTS) is 1. The molecule has 35 heavy (non-hydrogen) atoms. The Morgan fingerprint density at radius 3 is 2.69 bits per heavy atom. The molecule has 2 aromatic carbocycles. The standard InChI is InChI=1S/C27H25N5O2S/c1-17(2)12-20(27(33)34)14-23-31-24(30-21-9-3-6-18(13-21)16-28)15-25(32-23)35-22-10-4-7-19-8-5-11-29-26(19)22/h3-11,13,15,17,20H,12,14H2,1-2H3,(H,33,34)(H,30,31,32). The second-order valence-electron chi connectivity index (χ2n) is 8.63. The van der Waals surface area contributed by atoms with E-state index in [4.69, 9.17) is 4.98 Å². The third-order valence-electron chi connectivity index (χ3n) is 5.36. The Hall–Kier alpha value is -3.96. The number of aromatic nitrogens is 3. The minimum Gasteiger partial charge on any atom is -0.481 e. The number of nitrogens with zero attached hydrogens (tertiary/aromatic N) is 4. The van der Waals surface area contributed by atoms with Crippen molar-refractivity contribution >= 4 is 40.1 Å². The smallest absolute Gasteiger partial charge is 0.306 e. The highest BCUT2D eigenvalue weighted by Gasteiger charge is 2.22. The molecule has 0 radical (unpaired) electrons. The van der Waals surface area contributed by atoms with Crippen molar-refractivity contribution in [2.75, 3.05) is 5.32 Å². The van der Waals surface area contributed by atoms with Gasteiger partial charge in [-0.05, 0) is 42.7 Å². The van der Waals surface area contributed by atoms with Crippen LogP contribution in [0.5, 0.6) is 0 Å². The zero-order valence-electron chi connectivity index (χ0n) is 19.5. The van der Waals surface area contributed by atoms with Crippen molar-refractivity contribution < 1.29 is 9.90 Å². The lowest BCUT2D eigenvalue weighted by molar-refractivity contribution is -0.142. The summed E-state index contributed by atoms with van der Waals surface area (Å²) in [7, 11) is 0. The Balaban J connectivity index is 1.71. The average molecular weight is 484 g/mol. The first-order valence-corrected chi connectivity index (χ1v) is 12.1. The predicted molar refractivity (Wildman–Crippen MR) is 137 cm³/mol. The molecule has 2 heterocycles. The zero-order valence-corrected chi connectivity index (χ0v) is 20.3. The number of para-hydroxylation sites is 1. The molecule has 2 aromatic heterocycles. The van der Waals surface area contributed by atoms with E-state index in [1.54, 1.807) is 24.4 Å². The second-order valence-corrected chi connectivity index (χ2v) is 9.69. The van der Waals surface area contributed by atoms with Crippen LogP contribution in [0.1, 0.15) is 31.7 Å². The van der Waals surface area contributed by atoms with Crippen LogP contribution < -0.4 is 5.32 Å². The lowest BCUT2D eigenvalue weighted by Gasteiger charge is -2.15. The van der Waals surface area contributed by atoms with Gasteiger partial charge in [0.2, 0.25) is 0 Å². The Bertz CT molecular complexity index is 1390. The maximum atomic E-state index is 11.9. The summed E-state index contributed by atoms with van der Waals surface area (Å²) in [5.41, 5.74) is 2.12. The van der Waals surface area contributed by atoms with E-state index in [0.29, 0.717) is 34.3 Å². The Morgan fingerprint density at radius 1 is 1.11 bits per heavy atom. The molecule has 0 amide bonds. The molecule has 0 bridgehead atoms. The highest BCUT2D eigenvalue weighted by atomic mass is 32.2. The average Bonchev–Trinajstić information content (AvgIpc) is 2.83. The molecular formula is C27H25N5O2S. The third-order valence-corrected chi connectivity index (χ3v) is 6.33. The van der Waals surface area contributed by atoms with E-state index in [9.17, 15) is 15.2 Å². The van der Waals surface area contributed by atoms with Gasteiger partial charge in [0.1, 0.15) is 16.7 Å². The normalized spacial score (nSPS) is 11.8. The van der Waals surface area contributed by atoms with Gasteiger partial charge in [-0.3, -0.25) is 9.78 Å². The summed E-state index contributed by atoms with van der Waals surface area (Å²) in [6.45, 7) is 4.01. The number of anilines is 2. The zero-order chi connectivity index (χ0) is 24.8. The molecule has 1 unspecified atom stereocenters. The van der Waals surface area contributed by atoms with Crippen LogP contribution in [0.25, 0.3) is 10.9 Å². The van der Waals surface area contributed by atoms with Gasteiger partial charge in [-0.15, -0.1) is 0 Å². The molecule has 0 aliphatic rings. The number of pyridine rings is 1. The SMILES string of the molecule is CC(C)CC(Cc1nc(Nc2cccc(C#N)c2)cc(Sc2cccc3cccnc23)n1)C(=O)O. The number of nitrogens with one attached hydrogen (secondary N) is 1. The van der Waals surface area contributed by atoms with Gasteiger partial charge in [0.05, 0.1) is 23.1 Å². The van der Waals surface area contributed by atoms with E-state index in [1.807, 2.05) is 56.3 Å². The van der Waals surface area contributed by atoms with Gasteiger partial charge in [-0.25, -0.2) is 9.97 Å². The summed E-state index contributed by atoms with van der Waals surface area (Å²) < 4.78 is 0. The Labute approximate surface area is 208 Å². The fraction of sp³-hybridized carbons (Fsp3) is 0.222. The summed E-state index contributed by atoms with van der Waals surface area (Å²) in [6.07, 6.45) is 2.52. The molecule has 0 aliphatic carbocycles. The van der Waals surface area contributed by atoms with Crippen LogP contribution in [0, 0.1) is 23.2 Å². The maximum absolute atomic E-state index is 11.9. The van der Waals surface area contributed by atoms with Crippen molar-refractivity contribution in [3.63, 3.8) is 0 Å². The minimum absolute atomic E-state index is 0.225. The van der Waals surface area contributed by atoms with Gasteiger partial charge < -0.3 is 10.4 Å². The lowest BCUT2D eigenvalue weighted by atomic mass is 9.94. The third kappa shape index (κ3) is 6.34. The van der Waals surface area contributed by atoms with E-state index in [0.717, 1.165) is 15.8 Å². The highest BCUT2D eigenvalue weighted by Crippen LogP contribution is 2.33. The van der Waals surface area contributed by atoms with E-state index in [-0.39, 0.29) is 12.3 Å². The summed E-state index contributed by atoms with van der Waals surface area (Å²) in [6, 6.07) is 21.0. The monoisotopic (exact) mass is 483 g/mol. The van der Waals surface area contributed by atoms with Gasteiger partial charge in [-0.1, -0.05) is 49.9 Å². The van der Waals surface area contributed by atoms with E-state index >= 15 is 0 Å². The van der Waals surface area contributed by atoms with Crippen molar-refractivity contribution in [1.29, 1.82) is 5.26 Å². The van der Waals surface area contributed by atoms with E-state index in [1.165, 1.54) is 11.8 Å². The molecule has 0 saturated carbocycles. The molecule has 176 valence electrons. The van der Waals surface area contributed by atoms with Crippen molar-refractivity contribution in [3.8, 4) is 6.07 Å². The number of benzene rings is 2. The number of nitriles is 1.